The van der Waals surface area contributed by atoms with Crippen LogP contribution in [0.15, 0.2) is 6.20 Å². The topological polar surface area (TPSA) is 49.8 Å². The fourth-order valence-corrected chi connectivity index (χ4v) is 2.43. The van der Waals surface area contributed by atoms with E-state index in [0.29, 0.717) is 17.4 Å². The Morgan fingerprint density at radius 3 is 2.75 bits per heavy atom. The maximum atomic E-state index is 4.56. The molecule has 2 rings (SSSR count). The van der Waals surface area contributed by atoms with Gasteiger partial charge in [-0.3, -0.25) is 0 Å². The van der Waals surface area contributed by atoms with Crippen LogP contribution in [0, 0.1) is 5.41 Å². The van der Waals surface area contributed by atoms with E-state index >= 15 is 0 Å². The molecule has 1 atom stereocenters. The third-order valence-corrected chi connectivity index (χ3v) is 3.25. The van der Waals surface area contributed by atoms with Gasteiger partial charge in [-0.25, -0.2) is 9.97 Å². The molecule has 0 radical (unpaired) electrons. The van der Waals surface area contributed by atoms with Gasteiger partial charge in [-0.1, -0.05) is 13.8 Å². The minimum atomic E-state index is 0.306. The molecule has 1 aliphatic carbocycles. The molecule has 0 aromatic carbocycles. The molecule has 4 nitrogen and oxygen atoms in total. The summed E-state index contributed by atoms with van der Waals surface area (Å²) in [5.41, 5.74) is 2.73. The Morgan fingerprint density at radius 1 is 1.38 bits per heavy atom. The van der Waals surface area contributed by atoms with Crippen molar-refractivity contribution in [1.29, 1.82) is 0 Å². The van der Waals surface area contributed by atoms with E-state index in [4.69, 9.17) is 0 Å². The average Bonchev–Trinajstić information content (AvgIpc) is 2.25. The van der Waals surface area contributed by atoms with Gasteiger partial charge in [0.05, 0.1) is 5.69 Å². The molecule has 0 spiro atoms. The van der Waals surface area contributed by atoms with Crippen molar-refractivity contribution in [3.63, 3.8) is 0 Å². The van der Waals surface area contributed by atoms with Gasteiger partial charge < -0.3 is 10.6 Å². The number of nitrogens with one attached hydrogen (secondary N) is 2. The van der Waals surface area contributed by atoms with Gasteiger partial charge in [-0.05, 0) is 25.3 Å². The first-order chi connectivity index (χ1) is 7.55. The third-order valence-electron chi connectivity index (χ3n) is 3.25. The van der Waals surface area contributed by atoms with Crippen LogP contribution in [-0.2, 0) is 6.42 Å². The van der Waals surface area contributed by atoms with E-state index in [1.165, 1.54) is 11.3 Å². The lowest BCUT2D eigenvalue weighted by atomic mass is 9.74. The fraction of sp³-hybridized carbons (Fsp3) is 0.667. The van der Waals surface area contributed by atoms with Crippen LogP contribution in [0.3, 0.4) is 0 Å². The van der Waals surface area contributed by atoms with Crippen molar-refractivity contribution in [2.24, 2.45) is 5.41 Å². The van der Waals surface area contributed by atoms with Crippen LogP contribution in [0.1, 0.15) is 37.6 Å². The summed E-state index contributed by atoms with van der Waals surface area (Å²) in [6, 6.07) is 0.379. The van der Waals surface area contributed by atoms with Gasteiger partial charge in [-0.15, -0.1) is 0 Å². The molecule has 0 saturated carbocycles. The van der Waals surface area contributed by atoms with E-state index in [9.17, 15) is 0 Å². The summed E-state index contributed by atoms with van der Waals surface area (Å²) in [6.07, 6.45) is 4.11. The third kappa shape index (κ3) is 2.02. The smallest absolute Gasteiger partial charge is 0.222 e. The number of nitrogens with zero attached hydrogens (tertiary/aromatic N) is 2. The zero-order chi connectivity index (χ0) is 11.8. The standard InChI is InChI=1S/C12H20N4/c1-12(2)5-9(13-3)8-7-15-11(14-4)16-10(8)6-12/h7,9,13H,5-6H2,1-4H3,(H,14,15,16). The highest BCUT2D eigenvalue weighted by Gasteiger charge is 2.32. The van der Waals surface area contributed by atoms with Crippen molar-refractivity contribution in [2.75, 3.05) is 19.4 Å². The first-order valence-electron chi connectivity index (χ1n) is 5.76. The van der Waals surface area contributed by atoms with Crippen molar-refractivity contribution in [1.82, 2.24) is 15.3 Å². The molecular formula is C12H20N4. The van der Waals surface area contributed by atoms with Gasteiger partial charge >= 0.3 is 0 Å². The minimum absolute atomic E-state index is 0.306. The van der Waals surface area contributed by atoms with Crippen molar-refractivity contribution >= 4 is 5.95 Å². The highest BCUT2D eigenvalue weighted by Crippen LogP contribution is 2.39. The van der Waals surface area contributed by atoms with Crippen LogP contribution in [-0.4, -0.2) is 24.1 Å². The van der Waals surface area contributed by atoms with E-state index in [0.717, 1.165) is 12.8 Å². The maximum absolute atomic E-state index is 4.56. The van der Waals surface area contributed by atoms with Crippen LogP contribution in [0.25, 0.3) is 0 Å². The molecule has 1 aromatic heterocycles. The van der Waals surface area contributed by atoms with Gasteiger partial charge in [0.25, 0.3) is 0 Å². The molecule has 4 heteroatoms. The number of hydrogen-bond donors (Lipinski definition) is 2. The Balaban J connectivity index is 2.42. The van der Waals surface area contributed by atoms with Crippen LogP contribution in [0.5, 0.6) is 0 Å². The van der Waals surface area contributed by atoms with Crippen LogP contribution >= 0.6 is 0 Å². The SMILES string of the molecule is CNc1ncc2c(n1)CC(C)(C)CC2NC. The van der Waals surface area contributed by atoms with E-state index in [1.54, 1.807) is 0 Å². The predicted octanol–water partition coefficient (Wildman–Crippen LogP) is 1.75. The quantitative estimate of drug-likeness (QED) is 0.797. The molecule has 0 saturated heterocycles. The first-order valence-corrected chi connectivity index (χ1v) is 5.76. The van der Waals surface area contributed by atoms with Gasteiger partial charge in [0.15, 0.2) is 0 Å². The molecule has 1 heterocycles. The number of rotatable bonds is 2. The number of hydrogen-bond acceptors (Lipinski definition) is 4. The lowest BCUT2D eigenvalue weighted by Gasteiger charge is -2.36. The average molecular weight is 220 g/mol. The molecule has 0 amide bonds. The summed E-state index contributed by atoms with van der Waals surface area (Å²) in [5, 5.41) is 6.35. The zero-order valence-corrected chi connectivity index (χ0v) is 10.5. The molecule has 1 unspecified atom stereocenters. The molecule has 16 heavy (non-hydrogen) atoms. The number of aromatic nitrogens is 2. The molecule has 88 valence electrons. The molecular weight excluding hydrogens is 200 g/mol. The van der Waals surface area contributed by atoms with Gasteiger partial charge in [0.2, 0.25) is 5.95 Å². The normalized spacial score (nSPS) is 22.6. The van der Waals surface area contributed by atoms with Crippen molar-refractivity contribution in [2.45, 2.75) is 32.7 Å². The second kappa shape index (κ2) is 4.01. The van der Waals surface area contributed by atoms with Crippen molar-refractivity contribution in [3.8, 4) is 0 Å². The Bertz CT molecular complexity index is 387. The van der Waals surface area contributed by atoms with Crippen molar-refractivity contribution in [3.05, 3.63) is 17.5 Å². The monoisotopic (exact) mass is 220 g/mol. The highest BCUT2D eigenvalue weighted by atomic mass is 15.1. The lowest BCUT2D eigenvalue weighted by molar-refractivity contribution is 0.260. The van der Waals surface area contributed by atoms with Crippen LogP contribution in [0.2, 0.25) is 0 Å². The van der Waals surface area contributed by atoms with E-state index in [-0.39, 0.29) is 0 Å². The van der Waals surface area contributed by atoms with Crippen LogP contribution < -0.4 is 10.6 Å². The molecule has 0 fully saturated rings. The molecule has 1 aromatic rings. The molecule has 0 bridgehead atoms. The maximum Gasteiger partial charge on any atom is 0.222 e. The first kappa shape index (κ1) is 11.3. The van der Waals surface area contributed by atoms with E-state index in [1.807, 2.05) is 20.3 Å². The van der Waals surface area contributed by atoms with Gasteiger partial charge in [0.1, 0.15) is 0 Å². The predicted molar refractivity (Wildman–Crippen MR) is 65.5 cm³/mol. The van der Waals surface area contributed by atoms with Gasteiger partial charge in [-0.2, -0.15) is 0 Å². The highest BCUT2D eigenvalue weighted by molar-refractivity contribution is 5.33. The Kier molecular flexibility index (Phi) is 2.84. The summed E-state index contributed by atoms with van der Waals surface area (Å²) < 4.78 is 0. The summed E-state index contributed by atoms with van der Waals surface area (Å²) in [4.78, 5) is 8.86. The Hall–Kier alpha value is -1.16. The number of fused-ring (bicyclic) bond motifs is 1. The van der Waals surface area contributed by atoms with Crippen molar-refractivity contribution < 1.29 is 0 Å². The Morgan fingerprint density at radius 2 is 2.12 bits per heavy atom. The number of anilines is 1. The summed E-state index contributed by atoms with van der Waals surface area (Å²) in [5.74, 6) is 0.714. The van der Waals surface area contributed by atoms with E-state index < -0.39 is 0 Å². The molecule has 1 aliphatic rings. The minimum Gasteiger partial charge on any atom is -0.357 e. The van der Waals surface area contributed by atoms with E-state index in [2.05, 4.69) is 34.4 Å². The largest absolute Gasteiger partial charge is 0.357 e. The molecule has 0 aliphatic heterocycles. The van der Waals surface area contributed by atoms with Crippen LogP contribution in [0.4, 0.5) is 5.95 Å². The summed E-state index contributed by atoms with van der Waals surface area (Å²) >= 11 is 0. The summed E-state index contributed by atoms with van der Waals surface area (Å²) in [7, 11) is 3.85. The zero-order valence-electron chi connectivity index (χ0n) is 10.5. The fourth-order valence-electron chi connectivity index (χ4n) is 2.43. The van der Waals surface area contributed by atoms with Gasteiger partial charge in [0, 0.05) is 24.8 Å². The lowest BCUT2D eigenvalue weighted by Crippen LogP contribution is -2.32. The Labute approximate surface area is 96.9 Å². The summed E-state index contributed by atoms with van der Waals surface area (Å²) in [6.45, 7) is 4.59. The molecule has 2 N–H and O–H groups in total. The second-order valence-corrected chi connectivity index (χ2v) is 5.23. The second-order valence-electron chi connectivity index (χ2n) is 5.23.